The van der Waals surface area contributed by atoms with Crippen molar-refractivity contribution in [3.05, 3.63) is 54.0 Å². The summed E-state index contributed by atoms with van der Waals surface area (Å²) < 4.78 is 12.9. The van der Waals surface area contributed by atoms with Gasteiger partial charge < -0.3 is 20.6 Å². The Bertz CT molecular complexity index is 700. The van der Waals surface area contributed by atoms with Crippen molar-refractivity contribution in [1.29, 1.82) is 0 Å². The number of carbonyl (C=O) groups excluding carboxylic acids is 1. The van der Waals surface area contributed by atoms with Crippen molar-refractivity contribution >= 4 is 17.5 Å². The SMILES string of the molecule is O=C(NC[C@H](O)c1ccc(F)cc1)Nc1ccc(N2CCCC2)nc1. The van der Waals surface area contributed by atoms with Gasteiger partial charge in [-0.15, -0.1) is 0 Å². The summed E-state index contributed by atoms with van der Waals surface area (Å²) in [4.78, 5) is 18.5. The van der Waals surface area contributed by atoms with Gasteiger partial charge >= 0.3 is 6.03 Å². The van der Waals surface area contributed by atoms with Crippen LogP contribution in [0.1, 0.15) is 24.5 Å². The van der Waals surface area contributed by atoms with Crippen LogP contribution in [0.4, 0.5) is 20.7 Å². The Hall–Kier alpha value is -2.67. The molecule has 1 aliphatic rings. The number of carbonyl (C=O) groups is 1. The smallest absolute Gasteiger partial charge is 0.319 e. The van der Waals surface area contributed by atoms with Crippen molar-refractivity contribution in [2.45, 2.75) is 18.9 Å². The Balaban J connectivity index is 1.47. The average Bonchev–Trinajstić information content (AvgIpc) is 3.15. The summed E-state index contributed by atoms with van der Waals surface area (Å²) >= 11 is 0. The number of hydrogen-bond acceptors (Lipinski definition) is 4. The Morgan fingerprint density at radius 1 is 1.20 bits per heavy atom. The van der Waals surface area contributed by atoms with E-state index in [2.05, 4.69) is 20.5 Å². The molecular weight excluding hydrogens is 323 g/mol. The molecule has 3 rings (SSSR count). The molecular formula is C18H21FN4O2. The molecule has 1 saturated heterocycles. The third-order valence-electron chi connectivity index (χ3n) is 4.15. The van der Waals surface area contributed by atoms with E-state index in [4.69, 9.17) is 0 Å². The standard InChI is InChI=1S/C18H21FN4O2/c19-14-5-3-13(4-6-14)16(24)12-21-18(25)22-15-7-8-17(20-11-15)23-9-1-2-10-23/h3-8,11,16,24H,1-2,9-10,12H2,(H2,21,22,25)/t16-/m0/s1. The van der Waals surface area contributed by atoms with Crippen LogP contribution in [0.25, 0.3) is 0 Å². The van der Waals surface area contributed by atoms with Gasteiger partial charge in [0.15, 0.2) is 0 Å². The number of anilines is 2. The lowest BCUT2D eigenvalue weighted by Gasteiger charge is -2.16. The topological polar surface area (TPSA) is 77.5 Å². The lowest BCUT2D eigenvalue weighted by Crippen LogP contribution is -2.32. The molecule has 3 N–H and O–H groups in total. The number of nitrogens with one attached hydrogen (secondary N) is 2. The first-order chi connectivity index (χ1) is 12.1. The Kier molecular flexibility index (Phi) is 5.45. The molecule has 0 aliphatic carbocycles. The molecule has 0 bridgehead atoms. The summed E-state index contributed by atoms with van der Waals surface area (Å²) in [6.07, 6.45) is 3.08. The second-order valence-electron chi connectivity index (χ2n) is 6.00. The van der Waals surface area contributed by atoms with Crippen molar-refractivity contribution in [2.75, 3.05) is 29.9 Å². The predicted octanol–water partition coefficient (Wildman–Crippen LogP) is 2.68. The molecule has 0 radical (unpaired) electrons. The first-order valence-corrected chi connectivity index (χ1v) is 8.31. The van der Waals surface area contributed by atoms with Crippen molar-refractivity contribution in [3.8, 4) is 0 Å². The monoisotopic (exact) mass is 344 g/mol. The summed E-state index contributed by atoms with van der Waals surface area (Å²) in [7, 11) is 0. The highest BCUT2D eigenvalue weighted by molar-refractivity contribution is 5.89. The largest absolute Gasteiger partial charge is 0.387 e. The van der Waals surface area contributed by atoms with Crippen LogP contribution in [0.3, 0.4) is 0 Å². The predicted molar refractivity (Wildman–Crippen MR) is 94.1 cm³/mol. The fourth-order valence-electron chi connectivity index (χ4n) is 2.76. The highest BCUT2D eigenvalue weighted by Gasteiger charge is 2.14. The van der Waals surface area contributed by atoms with E-state index < -0.39 is 12.1 Å². The van der Waals surface area contributed by atoms with E-state index in [0.717, 1.165) is 18.9 Å². The number of benzene rings is 1. The molecule has 2 amide bonds. The molecule has 0 spiro atoms. The van der Waals surface area contributed by atoms with Gasteiger partial charge in [0.2, 0.25) is 0 Å². The van der Waals surface area contributed by atoms with Gasteiger partial charge in [-0.3, -0.25) is 0 Å². The average molecular weight is 344 g/mol. The first-order valence-electron chi connectivity index (χ1n) is 8.31. The number of aliphatic hydroxyl groups is 1. The van der Waals surface area contributed by atoms with Crippen LogP contribution < -0.4 is 15.5 Å². The molecule has 6 nitrogen and oxygen atoms in total. The van der Waals surface area contributed by atoms with E-state index in [9.17, 15) is 14.3 Å². The number of halogens is 1. The van der Waals surface area contributed by atoms with E-state index in [1.54, 1.807) is 12.3 Å². The summed E-state index contributed by atoms with van der Waals surface area (Å²) in [6, 6.07) is 8.77. The minimum atomic E-state index is -0.901. The number of aliphatic hydroxyl groups excluding tert-OH is 1. The summed E-state index contributed by atoms with van der Waals surface area (Å²) in [5, 5.41) is 15.3. The third-order valence-corrected chi connectivity index (χ3v) is 4.15. The number of aromatic nitrogens is 1. The minimum absolute atomic E-state index is 0.0246. The van der Waals surface area contributed by atoms with Crippen LogP contribution in [0, 0.1) is 5.82 Å². The Labute approximate surface area is 145 Å². The molecule has 132 valence electrons. The summed E-state index contributed by atoms with van der Waals surface area (Å²) in [5.41, 5.74) is 1.12. The second kappa shape index (κ2) is 7.94. The maximum absolute atomic E-state index is 12.9. The van der Waals surface area contributed by atoms with Crippen molar-refractivity contribution in [2.24, 2.45) is 0 Å². The van der Waals surface area contributed by atoms with E-state index in [1.807, 2.05) is 6.07 Å². The Morgan fingerprint density at radius 2 is 1.92 bits per heavy atom. The van der Waals surface area contributed by atoms with Crippen LogP contribution in [0.15, 0.2) is 42.6 Å². The molecule has 7 heteroatoms. The van der Waals surface area contributed by atoms with Crippen LogP contribution in [-0.4, -0.2) is 35.8 Å². The maximum Gasteiger partial charge on any atom is 0.319 e. The van der Waals surface area contributed by atoms with Crippen LogP contribution in [0.5, 0.6) is 0 Å². The Morgan fingerprint density at radius 3 is 2.56 bits per heavy atom. The molecule has 0 saturated carbocycles. The second-order valence-corrected chi connectivity index (χ2v) is 6.00. The highest BCUT2D eigenvalue weighted by Crippen LogP contribution is 2.19. The van der Waals surface area contributed by atoms with Gasteiger partial charge in [0.1, 0.15) is 11.6 Å². The quantitative estimate of drug-likeness (QED) is 0.779. The zero-order valence-electron chi connectivity index (χ0n) is 13.8. The van der Waals surface area contributed by atoms with E-state index >= 15 is 0 Å². The molecule has 2 heterocycles. The van der Waals surface area contributed by atoms with Crippen LogP contribution in [-0.2, 0) is 0 Å². The zero-order valence-corrected chi connectivity index (χ0v) is 13.8. The number of amides is 2. The van der Waals surface area contributed by atoms with Gasteiger partial charge in [0.25, 0.3) is 0 Å². The lowest BCUT2D eigenvalue weighted by atomic mass is 10.1. The number of urea groups is 1. The molecule has 1 aromatic heterocycles. The number of nitrogens with zero attached hydrogens (tertiary/aromatic N) is 2. The third kappa shape index (κ3) is 4.67. The number of rotatable bonds is 5. The van der Waals surface area contributed by atoms with Gasteiger partial charge in [-0.25, -0.2) is 14.2 Å². The molecule has 2 aromatic rings. The van der Waals surface area contributed by atoms with Crippen molar-refractivity contribution in [3.63, 3.8) is 0 Å². The van der Waals surface area contributed by atoms with E-state index in [0.29, 0.717) is 11.3 Å². The van der Waals surface area contributed by atoms with Gasteiger partial charge in [-0.05, 0) is 42.7 Å². The number of hydrogen-bond donors (Lipinski definition) is 3. The first kappa shape index (κ1) is 17.2. The van der Waals surface area contributed by atoms with Crippen LogP contribution >= 0.6 is 0 Å². The van der Waals surface area contributed by atoms with E-state index in [1.165, 1.54) is 37.1 Å². The van der Waals surface area contributed by atoms with Gasteiger partial charge in [0, 0.05) is 19.6 Å². The van der Waals surface area contributed by atoms with Gasteiger partial charge in [-0.2, -0.15) is 0 Å². The molecule has 1 fully saturated rings. The normalized spacial score (nSPS) is 15.0. The number of pyridine rings is 1. The highest BCUT2D eigenvalue weighted by atomic mass is 19.1. The molecule has 1 aliphatic heterocycles. The van der Waals surface area contributed by atoms with Crippen molar-refractivity contribution < 1.29 is 14.3 Å². The molecule has 1 aromatic carbocycles. The van der Waals surface area contributed by atoms with E-state index in [-0.39, 0.29) is 12.4 Å². The van der Waals surface area contributed by atoms with Crippen molar-refractivity contribution in [1.82, 2.24) is 10.3 Å². The fourth-order valence-corrected chi connectivity index (χ4v) is 2.76. The molecule has 1 atom stereocenters. The minimum Gasteiger partial charge on any atom is -0.387 e. The van der Waals surface area contributed by atoms with Gasteiger partial charge in [0.05, 0.1) is 18.0 Å². The summed E-state index contributed by atoms with van der Waals surface area (Å²) in [5.74, 6) is 0.543. The zero-order chi connectivity index (χ0) is 17.6. The molecule has 0 unspecified atom stereocenters. The van der Waals surface area contributed by atoms with Gasteiger partial charge in [-0.1, -0.05) is 12.1 Å². The summed E-state index contributed by atoms with van der Waals surface area (Å²) in [6.45, 7) is 2.06. The fraction of sp³-hybridized carbons (Fsp3) is 0.333. The maximum atomic E-state index is 12.9. The lowest BCUT2D eigenvalue weighted by molar-refractivity contribution is 0.175. The van der Waals surface area contributed by atoms with Crippen LogP contribution in [0.2, 0.25) is 0 Å². The molecule has 25 heavy (non-hydrogen) atoms.